The molecule has 0 radical (unpaired) electrons. The van der Waals surface area contributed by atoms with Gasteiger partial charge in [0.05, 0.1) is 24.8 Å². The second-order valence-electron chi connectivity index (χ2n) is 5.56. The number of likely N-dealkylation sites (tertiary alicyclic amines) is 1. The van der Waals surface area contributed by atoms with Crippen molar-refractivity contribution in [1.82, 2.24) is 19.8 Å². The van der Waals surface area contributed by atoms with Crippen molar-refractivity contribution in [2.75, 3.05) is 13.1 Å². The van der Waals surface area contributed by atoms with E-state index in [0.717, 1.165) is 30.3 Å². The molecule has 2 aliphatic rings. The Morgan fingerprint density at radius 3 is 2.95 bits per heavy atom. The van der Waals surface area contributed by atoms with E-state index in [-0.39, 0.29) is 18.2 Å². The van der Waals surface area contributed by atoms with Crippen molar-refractivity contribution in [1.29, 1.82) is 0 Å². The number of hydrogen-bond donors (Lipinski definition) is 0. The highest BCUT2D eigenvalue weighted by atomic mass is 32.1. The summed E-state index contributed by atoms with van der Waals surface area (Å²) in [5, 5.41) is 3.09. The molecule has 7 heteroatoms. The standard InChI is InChI=1S/C15H16N4O2S/c20-15-19(7-11-3-1-2-4-16-11)12-8-18(9-13(12)21-15)10-14-17-5-6-22-14/h1-6,12-13H,7-10H2/t12-,13+/m0/s1. The van der Waals surface area contributed by atoms with Crippen molar-refractivity contribution < 1.29 is 9.53 Å². The van der Waals surface area contributed by atoms with Crippen LogP contribution in [0.4, 0.5) is 4.79 Å². The number of ether oxygens (including phenoxy) is 1. The third-order valence-electron chi connectivity index (χ3n) is 4.10. The third-order valence-corrected chi connectivity index (χ3v) is 4.86. The van der Waals surface area contributed by atoms with Crippen molar-refractivity contribution in [3.8, 4) is 0 Å². The molecule has 0 unspecified atom stereocenters. The van der Waals surface area contributed by atoms with Crippen LogP contribution in [0.2, 0.25) is 0 Å². The predicted octanol–water partition coefficient (Wildman–Crippen LogP) is 1.74. The molecule has 0 bridgehead atoms. The monoisotopic (exact) mass is 316 g/mol. The number of aromatic nitrogens is 2. The van der Waals surface area contributed by atoms with E-state index in [1.165, 1.54) is 0 Å². The van der Waals surface area contributed by atoms with Crippen LogP contribution in [0.3, 0.4) is 0 Å². The van der Waals surface area contributed by atoms with E-state index in [1.54, 1.807) is 22.4 Å². The molecule has 22 heavy (non-hydrogen) atoms. The largest absolute Gasteiger partial charge is 0.442 e. The normalized spacial score (nSPS) is 24.5. The molecule has 2 aromatic heterocycles. The predicted molar refractivity (Wildman–Crippen MR) is 81.2 cm³/mol. The summed E-state index contributed by atoms with van der Waals surface area (Å²) >= 11 is 1.66. The molecule has 0 aliphatic carbocycles. The molecule has 4 heterocycles. The maximum Gasteiger partial charge on any atom is 0.410 e. The number of rotatable bonds is 4. The van der Waals surface area contributed by atoms with Gasteiger partial charge in [0, 0.05) is 30.9 Å². The molecule has 4 rings (SSSR count). The fraction of sp³-hybridized carbons (Fsp3) is 0.400. The zero-order valence-electron chi connectivity index (χ0n) is 12.0. The van der Waals surface area contributed by atoms with Crippen LogP contribution in [0.15, 0.2) is 36.0 Å². The molecule has 0 spiro atoms. The van der Waals surface area contributed by atoms with Gasteiger partial charge in [0.1, 0.15) is 11.1 Å². The van der Waals surface area contributed by atoms with Crippen molar-refractivity contribution >= 4 is 17.4 Å². The molecule has 0 N–H and O–H groups in total. The summed E-state index contributed by atoms with van der Waals surface area (Å²) in [4.78, 5) is 24.8. The molecule has 2 atom stereocenters. The minimum atomic E-state index is -0.227. The van der Waals surface area contributed by atoms with E-state index >= 15 is 0 Å². The van der Waals surface area contributed by atoms with Gasteiger partial charge in [0.25, 0.3) is 0 Å². The van der Waals surface area contributed by atoms with Gasteiger partial charge in [-0.05, 0) is 12.1 Å². The molecule has 0 saturated carbocycles. The first-order valence-electron chi connectivity index (χ1n) is 7.27. The lowest BCUT2D eigenvalue weighted by Crippen LogP contribution is -2.37. The minimum Gasteiger partial charge on any atom is -0.442 e. The van der Waals surface area contributed by atoms with Crippen LogP contribution in [-0.4, -0.2) is 51.1 Å². The van der Waals surface area contributed by atoms with E-state index in [9.17, 15) is 4.79 Å². The Morgan fingerprint density at radius 2 is 2.18 bits per heavy atom. The molecule has 2 saturated heterocycles. The number of fused-ring (bicyclic) bond motifs is 1. The number of thiazole rings is 1. The van der Waals surface area contributed by atoms with E-state index in [4.69, 9.17) is 4.74 Å². The van der Waals surface area contributed by atoms with Crippen molar-refractivity contribution in [3.05, 3.63) is 46.7 Å². The minimum absolute atomic E-state index is 0.0452. The van der Waals surface area contributed by atoms with Crippen LogP contribution < -0.4 is 0 Å². The first kappa shape index (κ1) is 13.7. The summed E-state index contributed by atoms with van der Waals surface area (Å²) < 4.78 is 5.52. The Hall–Kier alpha value is -1.99. The van der Waals surface area contributed by atoms with Gasteiger partial charge in [-0.3, -0.25) is 14.8 Å². The van der Waals surface area contributed by atoms with Gasteiger partial charge in [-0.15, -0.1) is 11.3 Å². The van der Waals surface area contributed by atoms with Crippen LogP contribution in [0, 0.1) is 0 Å². The molecule has 2 aliphatic heterocycles. The molecule has 6 nitrogen and oxygen atoms in total. The van der Waals surface area contributed by atoms with Gasteiger partial charge in [-0.1, -0.05) is 6.07 Å². The number of carbonyl (C=O) groups excluding carboxylic acids is 1. The van der Waals surface area contributed by atoms with Crippen LogP contribution in [0.1, 0.15) is 10.7 Å². The number of carbonyl (C=O) groups is 1. The van der Waals surface area contributed by atoms with Crippen LogP contribution in [-0.2, 0) is 17.8 Å². The average Bonchev–Trinajstić information content (AvgIpc) is 3.21. The Kier molecular flexibility index (Phi) is 3.51. The Morgan fingerprint density at radius 1 is 1.23 bits per heavy atom. The van der Waals surface area contributed by atoms with E-state index in [2.05, 4.69) is 14.9 Å². The summed E-state index contributed by atoms with van der Waals surface area (Å²) in [7, 11) is 0. The summed E-state index contributed by atoms with van der Waals surface area (Å²) in [5.41, 5.74) is 0.887. The Labute approximate surface area is 132 Å². The fourth-order valence-electron chi connectivity index (χ4n) is 3.08. The first-order valence-corrected chi connectivity index (χ1v) is 8.15. The van der Waals surface area contributed by atoms with Crippen LogP contribution in [0.5, 0.6) is 0 Å². The van der Waals surface area contributed by atoms with Gasteiger partial charge in [-0.25, -0.2) is 9.78 Å². The smallest absolute Gasteiger partial charge is 0.410 e. The summed E-state index contributed by atoms with van der Waals surface area (Å²) in [6, 6.07) is 5.85. The fourth-order valence-corrected chi connectivity index (χ4v) is 3.74. The Bertz CT molecular complexity index is 649. The molecular formula is C15H16N4O2S. The van der Waals surface area contributed by atoms with Crippen LogP contribution in [0.25, 0.3) is 0 Å². The van der Waals surface area contributed by atoms with Gasteiger partial charge in [0.15, 0.2) is 0 Å². The first-order chi connectivity index (χ1) is 10.8. The zero-order valence-corrected chi connectivity index (χ0v) is 12.8. The van der Waals surface area contributed by atoms with E-state index in [1.807, 2.05) is 29.8 Å². The van der Waals surface area contributed by atoms with Gasteiger partial charge >= 0.3 is 6.09 Å². The SMILES string of the molecule is O=C1O[C@@H]2CN(Cc3nccs3)C[C@@H]2N1Cc1ccccn1. The molecule has 2 aromatic rings. The maximum absolute atomic E-state index is 12.1. The summed E-state index contributed by atoms with van der Waals surface area (Å²) in [6.07, 6.45) is 3.30. The Balaban J connectivity index is 1.44. The zero-order chi connectivity index (χ0) is 14.9. The van der Waals surface area contributed by atoms with Gasteiger partial charge < -0.3 is 4.74 Å². The second kappa shape index (κ2) is 5.66. The molecule has 0 aromatic carbocycles. The number of nitrogens with zero attached hydrogens (tertiary/aromatic N) is 4. The number of amides is 1. The third kappa shape index (κ3) is 2.57. The van der Waals surface area contributed by atoms with Crippen molar-refractivity contribution in [2.45, 2.75) is 25.2 Å². The van der Waals surface area contributed by atoms with E-state index < -0.39 is 0 Å². The van der Waals surface area contributed by atoms with Crippen molar-refractivity contribution in [2.24, 2.45) is 0 Å². The molecular weight excluding hydrogens is 300 g/mol. The van der Waals surface area contributed by atoms with Crippen molar-refractivity contribution in [3.63, 3.8) is 0 Å². The van der Waals surface area contributed by atoms with E-state index in [0.29, 0.717) is 6.54 Å². The van der Waals surface area contributed by atoms with Crippen LogP contribution >= 0.6 is 11.3 Å². The molecule has 1 amide bonds. The summed E-state index contributed by atoms with van der Waals surface area (Å²) in [5.74, 6) is 0. The summed E-state index contributed by atoms with van der Waals surface area (Å²) in [6.45, 7) is 2.92. The molecule has 114 valence electrons. The topological polar surface area (TPSA) is 58.6 Å². The highest BCUT2D eigenvalue weighted by Gasteiger charge is 2.47. The lowest BCUT2D eigenvalue weighted by molar-refractivity contribution is 0.119. The maximum atomic E-state index is 12.1. The quantitative estimate of drug-likeness (QED) is 0.860. The molecule has 2 fully saturated rings. The highest BCUT2D eigenvalue weighted by molar-refractivity contribution is 7.09. The van der Waals surface area contributed by atoms with Gasteiger partial charge in [0.2, 0.25) is 0 Å². The lowest BCUT2D eigenvalue weighted by Gasteiger charge is -2.21. The van der Waals surface area contributed by atoms with Gasteiger partial charge in [-0.2, -0.15) is 0 Å². The number of pyridine rings is 1. The average molecular weight is 316 g/mol. The second-order valence-corrected chi connectivity index (χ2v) is 6.54. The lowest BCUT2D eigenvalue weighted by atomic mass is 10.2. The highest BCUT2D eigenvalue weighted by Crippen LogP contribution is 2.29. The number of hydrogen-bond acceptors (Lipinski definition) is 6.